The molecule has 0 aliphatic carbocycles. The van der Waals surface area contributed by atoms with E-state index in [-0.39, 0.29) is 24.0 Å². The SMILES string of the molecule is CC.CCc1cccc(C)c1.I. The highest BCUT2D eigenvalue weighted by molar-refractivity contribution is 14.0. The topological polar surface area (TPSA) is 0 Å². The molecule has 1 rings (SSSR count). The van der Waals surface area contributed by atoms with Crippen molar-refractivity contribution in [3.05, 3.63) is 35.4 Å². The normalized spacial score (nSPS) is 7.67. The molecule has 12 heavy (non-hydrogen) atoms. The molecule has 0 nitrogen and oxygen atoms in total. The van der Waals surface area contributed by atoms with Gasteiger partial charge in [0.1, 0.15) is 0 Å². The van der Waals surface area contributed by atoms with E-state index in [4.69, 9.17) is 0 Å². The van der Waals surface area contributed by atoms with Crippen LogP contribution in [-0.4, -0.2) is 0 Å². The Balaban J connectivity index is 0. The molecular weight excluding hydrogens is 259 g/mol. The Morgan fingerprint density at radius 3 is 2.08 bits per heavy atom. The van der Waals surface area contributed by atoms with Crippen molar-refractivity contribution in [2.24, 2.45) is 0 Å². The Bertz CT molecular complexity index is 194. The molecule has 0 aromatic heterocycles. The maximum atomic E-state index is 2.22. The predicted molar refractivity (Wildman–Crippen MR) is 67.3 cm³/mol. The number of benzene rings is 1. The van der Waals surface area contributed by atoms with Crippen LogP contribution in [0.15, 0.2) is 24.3 Å². The summed E-state index contributed by atoms with van der Waals surface area (Å²) in [4.78, 5) is 0. The summed E-state index contributed by atoms with van der Waals surface area (Å²) in [5, 5.41) is 0. The fourth-order valence-electron chi connectivity index (χ4n) is 0.932. The molecule has 0 saturated heterocycles. The first kappa shape index (κ1) is 14.5. The lowest BCUT2D eigenvalue weighted by atomic mass is 10.1. The minimum Gasteiger partial charge on any atom is -0.107 e. The van der Waals surface area contributed by atoms with Crippen molar-refractivity contribution in [1.82, 2.24) is 0 Å². The van der Waals surface area contributed by atoms with Gasteiger partial charge >= 0.3 is 0 Å². The third kappa shape index (κ3) is 5.58. The largest absolute Gasteiger partial charge is 0.107 e. The average molecular weight is 278 g/mol. The first-order valence-corrected chi connectivity index (χ1v) is 4.38. The molecule has 0 aliphatic rings. The number of rotatable bonds is 1. The molecule has 0 N–H and O–H groups in total. The van der Waals surface area contributed by atoms with Gasteiger partial charge in [-0.1, -0.05) is 50.6 Å². The first-order chi connectivity index (χ1) is 5.33. The van der Waals surface area contributed by atoms with Gasteiger partial charge in [0.2, 0.25) is 0 Å². The third-order valence-electron chi connectivity index (χ3n) is 1.49. The van der Waals surface area contributed by atoms with E-state index in [1.54, 1.807) is 0 Å². The lowest BCUT2D eigenvalue weighted by molar-refractivity contribution is 1.13. The smallest absolute Gasteiger partial charge is 0.0307 e. The van der Waals surface area contributed by atoms with Crippen molar-refractivity contribution in [3.63, 3.8) is 0 Å². The van der Waals surface area contributed by atoms with Gasteiger partial charge in [0.15, 0.2) is 0 Å². The standard InChI is InChI=1S/C9H12.C2H6.HI/c1-3-9-6-4-5-8(2)7-9;1-2;/h4-7H,3H2,1-2H3;1-2H3;1H. The second-order valence-electron chi connectivity index (χ2n) is 2.34. The van der Waals surface area contributed by atoms with Gasteiger partial charge in [0, 0.05) is 0 Å². The fourth-order valence-corrected chi connectivity index (χ4v) is 0.932. The second kappa shape index (κ2) is 9.04. The van der Waals surface area contributed by atoms with Crippen molar-refractivity contribution in [2.75, 3.05) is 0 Å². The summed E-state index contributed by atoms with van der Waals surface area (Å²) in [6.07, 6.45) is 1.14. The van der Waals surface area contributed by atoms with Gasteiger partial charge in [-0.05, 0) is 18.9 Å². The lowest BCUT2D eigenvalue weighted by Gasteiger charge is -1.95. The molecule has 0 spiro atoms. The van der Waals surface area contributed by atoms with Gasteiger partial charge in [-0.3, -0.25) is 0 Å². The van der Waals surface area contributed by atoms with Gasteiger partial charge < -0.3 is 0 Å². The maximum Gasteiger partial charge on any atom is -0.0307 e. The average Bonchev–Trinajstić information content (AvgIpc) is 2.08. The molecule has 70 valence electrons. The molecule has 0 bridgehead atoms. The van der Waals surface area contributed by atoms with E-state index in [0.717, 1.165) is 6.42 Å². The Hall–Kier alpha value is -0.0500. The van der Waals surface area contributed by atoms with E-state index in [0.29, 0.717) is 0 Å². The molecule has 0 radical (unpaired) electrons. The van der Waals surface area contributed by atoms with Crippen molar-refractivity contribution in [3.8, 4) is 0 Å². The summed E-state index contributed by atoms with van der Waals surface area (Å²) >= 11 is 0. The van der Waals surface area contributed by atoms with Gasteiger partial charge in [0.05, 0.1) is 0 Å². The quantitative estimate of drug-likeness (QED) is 0.675. The number of hydrogen-bond donors (Lipinski definition) is 0. The van der Waals surface area contributed by atoms with Crippen LogP contribution < -0.4 is 0 Å². The zero-order valence-corrected chi connectivity index (χ0v) is 10.8. The highest BCUT2D eigenvalue weighted by Gasteiger charge is 1.85. The fraction of sp³-hybridized carbons (Fsp3) is 0.455. The van der Waals surface area contributed by atoms with Gasteiger partial charge in [-0.25, -0.2) is 0 Å². The predicted octanol–water partition coefficient (Wildman–Crippen LogP) is 4.20. The molecule has 0 unspecified atom stereocenters. The van der Waals surface area contributed by atoms with Crippen LogP contribution in [0.25, 0.3) is 0 Å². The molecule has 1 aromatic rings. The lowest BCUT2D eigenvalue weighted by Crippen LogP contribution is -1.78. The highest BCUT2D eigenvalue weighted by atomic mass is 127. The number of aryl methyl sites for hydroxylation is 2. The Kier molecular flexibility index (Phi) is 10.9. The molecule has 0 heterocycles. The monoisotopic (exact) mass is 278 g/mol. The Morgan fingerprint density at radius 1 is 1.17 bits per heavy atom. The van der Waals surface area contributed by atoms with Crippen molar-refractivity contribution >= 4 is 24.0 Å². The summed E-state index contributed by atoms with van der Waals surface area (Å²) in [7, 11) is 0. The summed E-state index contributed by atoms with van der Waals surface area (Å²) in [6.45, 7) is 8.30. The van der Waals surface area contributed by atoms with Gasteiger partial charge in [0.25, 0.3) is 0 Å². The van der Waals surface area contributed by atoms with Gasteiger partial charge in [-0.2, -0.15) is 0 Å². The van der Waals surface area contributed by atoms with Crippen LogP contribution in [0.2, 0.25) is 0 Å². The highest BCUT2D eigenvalue weighted by Crippen LogP contribution is 2.03. The van der Waals surface area contributed by atoms with E-state index >= 15 is 0 Å². The Labute approximate surface area is 93.4 Å². The van der Waals surface area contributed by atoms with Crippen LogP contribution in [-0.2, 0) is 6.42 Å². The van der Waals surface area contributed by atoms with E-state index in [1.165, 1.54) is 11.1 Å². The second-order valence-corrected chi connectivity index (χ2v) is 2.34. The van der Waals surface area contributed by atoms with Crippen molar-refractivity contribution < 1.29 is 0 Å². The number of halogens is 1. The molecule has 0 saturated carbocycles. The van der Waals surface area contributed by atoms with E-state index in [2.05, 4.69) is 38.1 Å². The summed E-state index contributed by atoms with van der Waals surface area (Å²) < 4.78 is 0. The Morgan fingerprint density at radius 2 is 1.75 bits per heavy atom. The van der Waals surface area contributed by atoms with Crippen LogP contribution in [0.3, 0.4) is 0 Å². The molecule has 0 fully saturated rings. The zero-order chi connectivity index (χ0) is 8.69. The molecule has 1 aromatic carbocycles. The number of hydrogen-bond acceptors (Lipinski definition) is 0. The summed E-state index contributed by atoms with van der Waals surface area (Å²) in [5.41, 5.74) is 2.78. The molecular formula is C11H19I. The third-order valence-corrected chi connectivity index (χ3v) is 1.49. The zero-order valence-electron chi connectivity index (χ0n) is 8.42. The van der Waals surface area contributed by atoms with Gasteiger partial charge in [-0.15, -0.1) is 24.0 Å². The molecule has 1 heteroatoms. The summed E-state index contributed by atoms with van der Waals surface area (Å²) in [6, 6.07) is 8.61. The summed E-state index contributed by atoms with van der Waals surface area (Å²) in [5.74, 6) is 0. The van der Waals surface area contributed by atoms with Crippen molar-refractivity contribution in [1.29, 1.82) is 0 Å². The van der Waals surface area contributed by atoms with Crippen LogP contribution in [0.1, 0.15) is 31.9 Å². The van der Waals surface area contributed by atoms with Crippen LogP contribution >= 0.6 is 24.0 Å². The van der Waals surface area contributed by atoms with E-state index < -0.39 is 0 Å². The van der Waals surface area contributed by atoms with Crippen molar-refractivity contribution in [2.45, 2.75) is 34.1 Å². The minimum atomic E-state index is 0. The van der Waals surface area contributed by atoms with E-state index in [1.807, 2.05) is 13.8 Å². The molecule has 0 atom stereocenters. The van der Waals surface area contributed by atoms with E-state index in [9.17, 15) is 0 Å². The molecule has 0 amide bonds. The van der Waals surface area contributed by atoms with Crippen LogP contribution in [0, 0.1) is 6.92 Å². The minimum absolute atomic E-state index is 0. The maximum absolute atomic E-state index is 2.22. The first-order valence-electron chi connectivity index (χ1n) is 4.38. The molecule has 0 aliphatic heterocycles. The van der Waals surface area contributed by atoms with Crippen LogP contribution in [0.5, 0.6) is 0 Å². The van der Waals surface area contributed by atoms with Crippen LogP contribution in [0.4, 0.5) is 0 Å².